The molecule has 128 valence electrons. The molecule has 8 heteroatoms. The molecule has 1 heterocycles. The fourth-order valence-corrected chi connectivity index (χ4v) is 1.99. The van der Waals surface area contributed by atoms with Gasteiger partial charge in [-0.3, -0.25) is 14.4 Å². The van der Waals surface area contributed by atoms with Gasteiger partial charge in [0.05, 0.1) is 30.9 Å². The van der Waals surface area contributed by atoms with Gasteiger partial charge in [0.2, 0.25) is 0 Å². The zero-order chi connectivity index (χ0) is 17.7. The van der Waals surface area contributed by atoms with E-state index in [0.29, 0.717) is 12.0 Å². The predicted molar refractivity (Wildman–Crippen MR) is 86.3 cm³/mol. The van der Waals surface area contributed by atoms with E-state index in [9.17, 15) is 14.4 Å². The summed E-state index contributed by atoms with van der Waals surface area (Å²) in [6, 6.07) is 4.58. The molecule has 0 bridgehead atoms. The second-order valence-corrected chi connectivity index (χ2v) is 5.63. The van der Waals surface area contributed by atoms with Crippen molar-refractivity contribution in [2.45, 2.75) is 20.4 Å². The summed E-state index contributed by atoms with van der Waals surface area (Å²) in [5, 5.41) is 4.81. The summed E-state index contributed by atoms with van der Waals surface area (Å²) in [6.45, 7) is 3.98. The second kappa shape index (κ2) is 7.69. The fourth-order valence-electron chi connectivity index (χ4n) is 1.99. The number of amides is 1. The lowest BCUT2D eigenvalue weighted by molar-refractivity contribution is -0.135. The molecule has 0 aliphatic rings. The molecule has 24 heavy (non-hydrogen) atoms. The van der Waals surface area contributed by atoms with Crippen molar-refractivity contribution < 1.29 is 19.2 Å². The minimum Gasteiger partial charge on any atom is -0.465 e. The molecule has 0 fully saturated rings. The molecule has 1 amide bonds. The number of nitrogens with zero attached hydrogens (tertiary/aromatic N) is 2. The number of hydrogen-bond donors (Lipinski definition) is 1. The van der Waals surface area contributed by atoms with Crippen LogP contribution in [0.15, 0.2) is 29.2 Å². The van der Waals surface area contributed by atoms with Gasteiger partial charge >= 0.3 is 5.97 Å². The van der Waals surface area contributed by atoms with Crippen molar-refractivity contribution >= 4 is 22.6 Å². The summed E-state index contributed by atoms with van der Waals surface area (Å²) in [5.41, 5.74) is 2.04. The van der Waals surface area contributed by atoms with Crippen molar-refractivity contribution in [3.63, 3.8) is 0 Å². The summed E-state index contributed by atoms with van der Waals surface area (Å²) in [7, 11) is 1.26. The van der Waals surface area contributed by atoms with Gasteiger partial charge in [-0.1, -0.05) is 19.9 Å². The number of hydrogen-bond acceptors (Lipinski definition) is 6. The Morgan fingerprint density at radius 1 is 1.33 bits per heavy atom. The summed E-state index contributed by atoms with van der Waals surface area (Å²) in [5.74, 6) is -0.767. The van der Waals surface area contributed by atoms with Crippen LogP contribution in [-0.4, -0.2) is 35.4 Å². The monoisotopic (exact) mass is 333 g/mol. The molecular formula is C16H19N3O5. The highest BCUT2D eigenvalue weighted by Gasteiger charge is 2.12. The van der Waals surface area contributed by atoms with Crippen LogP contribution in [0.25, 0.3) is 10.8 Å². The molecule has 0 aliphatic carbocycles. The molecule has 8 nitrogen and oxygen atoms in total. The molecular weight excluding hydrogens is 314 g/mol. The van der Waals surface area contributed by atoms with E-state index in [4.69, 9.17) is 4.84 Å². The zero-order valence-corrected chi connectivity index (χ0v) is 13.7. The van der Waals surface area contributed by atoms with Crippen molar-refractivity contribution in [2.75, 3.05) is 13.7 Å². The van der Waals surface area contributed by atoms with Crippen LogP contribution in [0.1, 0.15) is 24.2 Å². The third-order valence-corrected chi connectivity index (χ3v) is 3.17. The van der Waals surface area contributed by atoms with E-state index in [2.05, 4.69) is 15.3 Å². The standard InChI is InChI=1S/C16H19N3O5/c1-10(2)9-24-18-14(20)8-19-15(21)13-6-11(16(22)23-3)4-5-12(13)7-17-19/h4-7,10H,8-9H2,1-3H3,(H,18,20). The number of esters is 1. The van der Waals surface area contributed by atoms with Gasteiger partial charge in [-0.15, -0.1) is 0 Å². The Balaban J connectivity index is 2.22. The molecule has 1 aromatic carbocycles. The Hall–Kier alpha value is -2.74. The number of carbonyl (C=O) groups is 2. The molecule has 0 aliphatic heterocycles. The van der Waals surface area contributed by atoms with Gasteiger partial charge in [-0.25, -0.2) is 15.0 Å². The first-order chi connectivity index (χ1) is 11.4. The van der Waals surface area contributed by atoms with Crippen LogP contribution in [0.2, 0.25) is 0 Å². The molecule has 0 saturated heterocycles. The topological polar surface area (TPSA) is 99.5 Å². The molecule has 1 aromatic heterocycles. The van der Waals surface area contributed by atoms with E-state index in [-0.39, 0.29) is 23.4 Å². The summed E-state index contributed by atoms with van der Waals surface area (Å²) in [6.07, 6.45) is 1.46. The van der Waals surface area contributed by atoms with Crippen LogP contribution in [-0.2, 0) is 20.9 Å². The highest BCUT2D eigenvalue weighted by molar-refractivity contribution is 5.94. The van der Waals surface area contributed by atoms with Crippen LogP contribution < -0.4 is 11.0 Å². The number of carbonyl (C=O) groups excluding carboxylic acids is 2. The average molecular weight is 333 g/mol. The number of benzene rings is 1. The number of ether oxygens (including phenoxy) is 1. The predicted octanol–water partition coefficient (Wildman–Crippen LogP) is 0.887. The molecule has 0 unspecified atom stereocenters. The number of methoxy groups -OCH3 is 1. The number of nitrogens with one attached hydrogen (secondary N) is 1. The lowest BCUT2D eigenvalue weighted by Crippen LogP contribution is -2.34. The number of fused-ring (bicyclic) bond motifs is 1. The van der Waals surface area contributed by atoms with Gasteiger partial charge in [0.25, 0.3) is 11.5 Å². The van der Waals surface area contributed by atoms with Crippen LogP contribution in [0.3, 0.4) is 0 Å². The summed E-state index contributed by atoms with van der Waals surface area (Å²) in [4.78, 5) is 40.8. The lowest BCUT2D eigenvalue weighted by Gasteiger charge is -2.09. The SMILES string of the molecule is COC(=O)c1ccc2cnn(CC(=O)NOCC(C)C)c(=O)c2c1. The molecule has 0 atom stereocenters. The largest absolute Gasteiger partial charge is 0.465 e. The van der Waals surface area contributed by atoms with Crippen LogP contribution in [0.4, 0.5) is 0 Å². The van der Waals surface area contributed by atoms with E-state index >= 15 is 0 Å². The highest BCUT2D eigenvalue weighted by atomic mass is 16.7. The van der Waals surface area contributed by atoms with Crippen molar-refractivity contribution in [3.05, 3.63) is 40.3 Å². The van der Waals surface area contributed by atoms with Gasteiger partial charge in [0.15, 0.2) is 0 Å². The maximum absolute atomic E-state index is 12.4. The molecule has 2 aromatic rings. The van der Waals surface area contributed by atoms with E-state index < -0.39 is 17.4 Å². The Bertz CT molecular complexity index is 813. The quantitative estimate of drug-likeness (QED) is 0.622. The zero-order valence-electron chi connectivity index (χ0n) is 13.7. The van der Waals surface area contributed by atoms with E-state index in [1.165, 1.54) is 19.4 Å². The third-order valence-electron chi connectivity index (χ3n) is 3.17. The molecule has 2 rings (SSSR count). The third kappa shape index (κ3) is 4.17. The average Bonchev–Trinajstić information content (AvgIpc) is 2.56. The van der Waals surface area contributed by atoms with E-state index in [1.807, 2.05) is 13.8 Å². The second-order valence-electron chi connectivity index (χ2n) is 5.63. The van der Waals surface area contributed by atoms with Crippen LogP contribution in [0.5, 0.6) is 0 Å². The Morgan fingerprint density at radius 3 is 2.75 bits per heavy atom. The molecule has 0 radical (unpaired) electrons. The Kier molecular flexibility index (Phi) is 5.64. The number of aromatic nitrogens is 2. The van der Waals surface area contributed by atoms with Crippen molar-refractivity contribution in [1.82, 2.24) is 15.3 Å². The van der Waals surface area contributed by atoms with Gasteiger partial charge in [-0.05, 0) is 18.1 Å². The Labute approximate surface area is 138 Å². The van der Waals surface area contributed by atoms with Gasteiger partial charge in [0, 0.05) is 5.39 Å². The van der Waals surface area contributed by atoms with Crippen LogP contribution >= 0.6 is 0 Å². The summed E-state index contributed by atoms with van der Waals surface area (Å²) >= 11 is 0. The minimum atomic E-state index is -0.542. The fraction of sp³-hybridized carbons (Fsp3) is 0.375. The first-order valence-corrected chi connectivity index (χ1v) is 7.41. The van der Waals surface area contributed by atoms with Crippen molar-refractivity contribution in [1.29, 1.82) is 0 Å². The molecule has 0 spiro atoms. The smallest absolute Gasteiger partial charge is 0.337 e. The normalized spacial score (nSPS) is 10.8. The first-order valence-electron chi connectivity index (χ1n) is 7.41. The maximum atomic E-state index is 12.4. The Morgan fingerprint density at radius 2 is 2.08 bits per heavy atom. The van der Waals surface area contributed by atoms with Crippen molar-refractivity contribution in [2.24, 2.45) is 5.92 Å². The first kappa shape index (κ1) is 17.6. The van der Waals surface area contributed by atoms with E-state index in [0.717, 1.165) is 4.68 Å². The highest BCUT2D eigenvalue weighted by Crippen LogP contribution is 2.12. The number of rotatable bonds is 6. The lowest BCUT2D eigenvalue weighted by atomic mass is 10.1. The summed E-state index contributed by atoms with van der Waals surface area (Å²) < 4.78 is 5.65. The minimum absolute atomic E-state index is 0.254. The van der Waals surface area contributed by atoms with Gasteiger partial charge < -0.3 is 4.74 Å². The molecule has 1 N–H and O–H groups in total. The number of hydroxylamine groups is 1. The maximum Gasteiger partial charge on any atom is 0.337 e. The van der Waals surface area contributed by atoms with Crippen LogP contribution in [0, 0.1) is 5.92 Å². The molecule has 0 saturated carbocycles. The van der Waals surface area contributed by atoms with Gasteiger partial charge in [0.1, 0.15) is 6.54 Å². The van der Waals surface area contributed by atoms with Crippen molar-refractivity contribution in [3.8, 4) is 0 Å². The van der Waals surface area contributed by atoms with E-state index in [1.54, 1.807) is 12.1 Å². The van der Waals surface area contributed by atoms with Gasteiger partial charge in [-0.2, -0.15) is 5.10 Å².